The Morgan fingerprint density at radius 3 is 2.50 bits per heavy atom. The van der Waals surface area contributed by atoms with Crippen molar-refractivity contribution >= 4 is 28.7 Å². The van der Waals surface area contributed by atoms with Gasteiger partial charge >= 0.3 is 0 Å². The average Bonchev–Trinajstić information content (AvgIpc) is 2.66. The minimum Gasteiger partial charge on any atom is -0.304 e. The first-order valence-electron chi connectivity index (χ1n) is 6.31. The normalized spacial score (nSPS) is 21.6. The standard InChI is InChI=1S/C14H17N3O2S/c1-10(18)15-13-16-17(11(2)19)14(3,20-13)9-12-7-5-4-6-8-12/h4-8H,9H2,1-3H3,(H,15,16,18)/t14-/m1/s1. The fourth-order valence-electron chi connectivity index (χ4n) is 2.16. The summed E-state index contributed by atoms with van der Waals surface area (Å²) in [6, 6.07) is 9.91. The maximum atomic E-state index is 11.8. The van der Waals surface area contributed by atoms with Crippen molar-refractivity contribution in [2.24, 2.45) is 5.10 Å². The third-order valence-electron chi connectivity index (χ3n) is 2.91. The van der Waals surface area contributed by atoms with Crippen molar-refractivity contribution in [1.82, 2.24) is 10.3 Å². The van der Waals surface area contributed by atoms with Crippen LogP contribution in [-0.4, -0.2) is 26.9 Å². The van der Waals surface area contributed by atoms with Crippen molar-refractivity contribution in [3.05, 3.63) is 35.9 Å². The average molecular weight is 291 g/mol. The number of benzene rings is 1. The van der Waals surface area contributed by atoms with Crippen molar-refractivity contribution in [3.8, 4) is 0 Å². The van der Waals surface area contributed by atoms with E-state index in [4.69, 9.17) is 0 Å². The highest BCUT2D eigenvalue weighted by Crippen LogP contribution is 2.39. The first-order valence-corrected chi connectivity index (χ1v) is 7.12. The topological polar surface area (TPSA) is 61.8 Å². The van der Waals surface area contributed by atoms with Crippen LogP contribution >= 0.6 is 11.8 Å². The van der Waals surface area contributed by atoms with Crippen LogP contribution in [0.15, 0.2) is 35.4 Å². The number of nitrogens with zero attached hydrogens (tertiary/aromatic N) is 2. The zero-order valence-electron chi connectivity index (χ0n) is 11.7. The second kappa shape index (κ2) is 5.66. The van der Waals surface area contributed by atoms with Gasteiger partial charge in [0.15, 0.2) is 5.17 Å². The second-order valence-electron chi connectivity index (χ2n) is 4.86. The number of hydrogen-bond acceptors (Lipinski definition) is 4. The molecule has 0 saturated carbocycles. The predicted molar refractivity (Wildman–Crippen MR) is 79.9 cm³/mol. The third kappa shape index (κ3) is 3.19. The zero-order chi connectivity index (χ0) is 14.8. The molecule has 1 aromatic rings. The summed E-state index contributed by atoms with van der Waals surface area (Å²) >= 11 is 1.40. The number of thioether (sulfide) groups is 1. The first-order chi connectivity index (χ1) is 9.40. The fourth-order valence-corrected chi connectivity index (χ4v) is 3.39. The number of amides is 2. The number of hydrogen-bond donors (Lipinski definition) is 1. The number of hydrazone groups is 1. The molecule has 1 aliphatic heterocycles. The Morgan fingerprint density at radius 2 is 1.95 bits per heavy atom. The molecule has 1 heterocycles. The lowest BCUT2D eigenvalue weighted by molar-refractivity contribution is -0.131. The van der Waals surface area contributed by atoms with Crippen LogP contribution in [0.1, 0.15) is 26.3 Å². The first kappa shape index (κ1) is 14.6. The molecule has 1 aliphatic rings. The van der Waals surface area contributed by atoms with Gasteiger partial charge in [0.1, 0.15) is 4.87 Å². The largest absolute Gasteiger partial charge is 0.304 e. The van der Waals surface area contributed by atoms with Crippen molar-refractivity contribution in [2.75, 3.05) is 0 Å². The van der Waals surface area contributed by atoms with E-state index in [9.17, 15) is 9.59 Å². The zero-order valence-corrected chi connectivity index (χ0v) is 12.5. The van der Waals surface area contributed by atoms with Gasteiger partial charge < -0.3 is 5.32 Å². The van der Waals surface area contributed by atoms with E-state index in [0.717, 1.165) is 5.56 Å². The quantitative estimate of drug-likeness (QED) is 0.906. The van der Waals surface area contributed by atoms with Gasteiger partial charge in [-0.15, -0.1) is 5.10 Å². The van der Waals surface area contributed by atoms with Gasteiger partial charge in [0.05, 0.1) is 0 Å². The summed E-state index contributed by atoms with van der Waals surface area (Å²) in [5, 5.41) is 8.76. The Hall–Kier alpha value is -1.82. The molecule has 1 N–H and O–H groups in total. The molecule has 0 aromatic heterocycles. The van der Waals surface area contributed by atoms with Crippen LogP contribution in [0.3, 0.4) is 0 Å². The van der Waals surface area contributed by atoms with Gasteiger partial charge in [-0.1, -0.05) is 42.1 Å². The molecule has 1 aromatic carbocycles. The molecule has 6 heteroatoms. The van der Waals surface area contributed by atoms with Gasteiger partial charge in [0.2, 0.25) is 11.8 Å². The van der Waals surface area contributed by atoms with Crippen LogP contribution in [0, 0.1) is 0 Å². The molecule has 0 fully saturated rings. The van der Waals surface area contributed by atoms with Gasteiger partial charge in [-0.2, -0.15) is 0 Å². The summed E-state index contributed by atoms with van der Waals surface area (Å²) < 4.78 is 0. The SMILES string of the molecule is CC(=O)NC1=NN(C(C)=O)[C@@](C)(Cc2ccccc2)S1. The van der Waals surface area contributed by atoms with E-state index in [-0.39, 0.29) is 11.8 Å². The number of amidine groups is 1. The Kier molecular flexibility index (Phi) is 4.13. The highest BCUT2D eigenvalue weighted by Gasteiger charge is 2.42. The molecule has 0 radical (unpaired) electrons. The van der Waals surface area contributed by atoms with Crippen LogP contribution in [0.4, 0.5) is 0 Å². The van der Waals surface area contributed by atoms with Gasteiger partial charge in [0.25, 0.3) is 0 Å². The smallest absolute Gasteiger partial charge is 0.240 e. The monoisotopic (exact) mass is 291 g/mol. The van der Waals surface area contributed by atoms with Crippen LogP contribution in [0.5, 0.6) is 0 Å². The van der Waals surface area contributed by atoms with Crippen LogP contribution in [0.25, 0.3) is 0 Å². The molecular weight excluding hydrogens is 274 g/mol. The Morgan fingerprint density at radius 1 is 1.30 bits per heavy atom. The Balaban J connectivity index is 2.21. The molecule has 0 saturated heterocycles. The Labute approximate surface area is 122 Å². The van der Waals surface area contributed by atoms with Gasteiger partial charge in [-0.3, -0.25) is 9.59 Å². The predicted octanol–water partition coefficient (Wildman–Crippen LogP) is 1.95. The summed E-state index contributed by atoms with van der Waals surface area (Å²) in [6.45, 7) is 4.85. The second-order valence-corrected chi connectivity index (χ2v) is 6.33. The van der Waals surface area contributed by atoms with Crippen LogP contribution in [0.2, 0.25) is 0 Å². The minimum absolute atomic E-state index is 0.142. The van der Waals surface area contributed by atoms with Gasteiger partial charge in [0, 0.05) is 20.3 Å². The van der Waals surface area contributed by atoms with E-state index in [1.54, 1.807) is 0 Å². The Bertz CT molecular complexity index is 559. The summed E-state index contributed by atoms with van der Waals surface area (Å²) in [6.07, 6.45) is 0.657. The van der Waals surface area contributed by atoms with E-state index >= 15 is 0 Å². The minimum atomic E-state index is -0.523. The maximum absolute atomic E-state index is 11.8. The number of carbonyl (C=O) groups is 2. The lowest BCUT2D eigenvalue weighted by Crippen LogP contribution is -2.41. The number of rotatable bonds is 2. The van der Waals surface area contributed by atoms with E-state index in [1.807, 2.05) is 37.3 Å². The summed E-state index contributed by atoms with van der Waals surface area (Å²) in [5.41, 5.74) is 1.12. The highest BCUT2D eigenvalue weighted by molar-refractivity contribution is 8.15. The number of nitrogens with one attached hydrogen (secondary N) is 1. The van der Waals surface area contributed by atoms with E-state index < -0.39 is 4.87 Å². The van der Waals surface area contributed by atoms with Gasteiger partial charge in [-0.25, -0.2) is 5.01 Å². The molecule has 0 aliphatic carbocycles. The fraction of sp³-hybridized carbons (Fsp3) is 0.357. The van der Waals surface area contributed by atoms with Crippen molar-refractivity contribution < 1.29 is 9.59 Å². The molecule has 0 bridgehead atoms. The molecule has 5 nitrogen and oxygen atoms in total. The maximum Gasteiger partial charge on any atom is 0.240 e. The molecule has 106 valence electrons. The van der Waals surface area contributed by atoms with Gasteiger partial charge in [-0.05, 0) is 12.5 Å². The molecule has 1 atom stereocenters. The molecule has 2 amide bonds. The highest BCUT2D eigenvalue weighted by atomic mass is 32.2. The molecule has 0 unspecified atom stereocenters. The third-order valence-corrected chi connectivity index (χ3v) is 4.05. The number of carbonyl (C=O) groups excluding carboxylic acids is 2. The van der Waals surface area contributed by atoms with Crippen molar-refractivity contribution in [1.29, 1.82) is 0 Å². The van der Waals surface area contributed by atoms with E-state index in [1.165, 1.54) is 30.6 Å². The summed E-state index contributed by atoms with van der Waals surface area (Å²) in [4.78, 5) is 22.4. The van der Waals surface area contributed by atoms with Crippen LogP contribution < -0.4 is 5.32 Å². The molecule has 2 rings (SSSR count). The molecular formula is C14H17N3O2S. The lowest BCUT2D eigenvalue weighted by Gasteiger charge is -2.30. The van der Waals surface area contributed by atoms with Crippen molar-refractivity contribution in [3.63, 3.8) is 0 Å². The van der Waals surface area contributed by atoms with E-state index in [0.29, 0.717) is 11.6 Å². The summed E-state index contributed by atoms with van der Waals surface area (Å²) in [7, 11) is 0. The van der Waals surface area contributed by atoms with E-state index in [2.05, 4.69) is 10.4 Å². The molecule has 0 spiro atoms. The summed E-state index contributed by atoms with van der Waals surface area (Å²) in [5.74, 6) is -0.333. The lowest BCUT2D eigenvalue weighted by atomic mass is 10.1. The van der Waals surface area contributed by atoms with Crippen LogP contribution in [-0.2, 0) is 16.0 Å². The van der Waals surface area contributed by atoms with Crippen molar-refractivity contribution in [2.45, 2.75) is 32.1 Å². The molecule has 20 heavy (non-hydrogen) atoms.